The standard InChI is InChI=1S/C16H17NO3/c1-9-3-5-12-13(7-9)16(20)17(15(12)19)14-6-4-11(18)8-10(14)2/h3-4,6,8,12-13,18H,5,7H2,1-2H3. The monoisotopic (exact) mass is 271 g/mol. The predicted molar refractivity (Wildman–Crippen MR) is 75.3 cm³/mol. The van der Waals surface area contributed by atoms with Crippen LogP contribution in [-0.4, -0.2) is 16.9 Å². The molecule has 3 rings (SSSR count). The molecule has 0 saturated carbocycles. The molecule has 2 aliphatic rings. The van der Waals surface area contributed by atoms with Crippen molar-refractivity contribution in [2.45, 2.75) is 26.7 Å². The summed E-state index contributed by atoms with van der Waals surface area (Å²) in [6.45, 7) is 3.80. The lowest BCUT2D eigenvalue weighted by molar-refractivity contribution is -0.122. The fraction of sp³-hybridized carbons (Fsp3) is 0.375. The second kappa shape index (κ2) is 4.47. The molecule has 104 valence electrons. The summed E-state index contributed by atoms with van der Waals surface area (Å²) in [5.74, 6) is -0.529. The molecule has 0 bridgehead atoms. The number of aromatic hydroxyl groups is 1. The molecule has 4 nitrogen and oxygen atoms in total. The Morgan fingerprint density at radius 3 is 2.55 bits per heavy atom. The number of aryl methyl sites for hydroxylation is 1. The van der Waals surface area contributed by atoms with Crippen LogP contribution in [0.3, 0.4) is 0 Å². The Hall–Kier alpha value is -2.10. The molecule has 2 unspecified atom stereocenters. The van der Waals surface area contributed by atoms with E-state index in [1.54, 1.807) is 19.1 Å². The van der Waals surface area contributed by atoms with Crippen LogP contribution in [0.4, 0.5) is 5.69 Å². The number of nitrogens with zero attached hydrogens (tertiary/aromatic N) is 1. The van der Waals surface area contributed by atoms with Crippen LogP contribution < -0.4 is 4.90 Å². The Bertz CT molecular complexity index is 633. The van der Waals surface area contributed by atoms with Gasteiger partial charge < -0.3 is 5.11 Å². The van der Waals surface area contributed by atoms with E-state index in [0.29, 0.717) is 18.5 Å². The van der Waals surface area contributed by atoms with E-state index < -0.39 is 0 Å². The van der Waals surface area contributed by atoms with Crippen LogP contribution in [0.5, 0.6) is 5.75 Å². The van der Waals surface area contributed by atoms with Gasteiger partial charge in [-0.2, -0.15) is 0 Å². The summed E-state index contributed by atoms with van der Waals surface area (Å²) in [5, 5.41) is 9.46. The highest BCUT2D eigenvalue weighted by molar-refractivity contribution is 6.22. The van der Waals surface area contributed by atoms with E-state index in [0.717, 1.165) is 5.56 Å². The van der Waals surface area contributed by atoms with E-state index in [4.69, 9.17) is 0 Å². The molecule has 1 N–H and O–H groups in total. The Balaban J connectivity index is 2.00. The fourth-order valence-electron chi connectivity index (χ4n) is 3.17. The van der Waals surface area contributed by atoms with Gasteiger partial charge in [-0.25, -0.2) is 4.90 Å². The van der Waals surface area contributed by atoms with Crippen LogP contribution in [0.1, 0.15) is 25.3 Å². The summed E-state index contributed by atoms with van der Waals surface area (Å²) in [6.07, 6.45) is 3.37. The topological polar surface area (TPSA) is 57.6 Å². The maximum atomic E-state index is 12.5. The summed E-state index contributed by atoms with van der Waals surface area (Å²) in [7, 11) is 0. The summed E-state index contributed by atoms with van der Waals surface area (Å²) in [4.78, 5) is 26.4. The molecule has 1 heterocycles. The van der Waals surface area contributed by atoms with Gasteiger partial charge in [0.1, 0.15) is 5.75 Å². The first-order valence-electron chi connectivity index (χ1n) is 6.82. The van der Waals surface area contributed by atoms with E-state index in [2.05, 4.69) is 6.08 Å². The van der Waals surface area contributed by atoms with Crippen molar-refractivity contribution in [2.24, 2.45) is 11.8 Å². The van der Waals surface area contributed by atoms with Crippen molar-refractivity contribution < 1.29 is 14.7 Å². The minimum Gasteiger partial charge on any atom is -0.508 e. The van der Waals surface area contributed by atoms with Gasteiger partial charge in [-0.1, -0.05) is 11.6 Å². The number of benzene rings is 1. The zero-order valence-corrected chi connectivity index (χ0v) is 11.6. The van der Waals surface area contributed by atoms with Gasteiger partial charge in [-0.05, 0) is 50.5 Å². The first-order valence-corrected chi connectivity index (χ1v) is 6.82. The molecule has 1 aromatic carbocycles. The zero-order chi connectivity index (χ0) is 14.4. The minimum atomic E-state index is -0.223. The highest BCUT2D eigenvalue weighted by atomic mass is 16.3. The largest absolute Gasteiger partial charge is 0.508 e. The molecule has 1 aliphatic carbocycles. The fourth-order valence-corrected chi connectivity index (χ4v) is 3.17. The van der Waals surface area contributed by atoms with E-state index >= 15 is 0 Å². The molecule has 2 atom stereocenters. The van der Waals surface area contributed by atoms with Gasteiger partial charge in [0, 0.05) is 0 Å². The number of carbonyl (C=O) groups excluding carboxylic acids is 2. The van der Waals surface area contributed by atoms with Crippen molar-refractivity contribution in [3.8, 4) is 5.75 Å². The predicted octanol–water partition coefficient (Wildman–Crippen LogP) is 2.55. The molecule has 2 amide bonds. The number of carbonyl (C=O) groups is 2. The van der Waals surface area contributed by atoms with Gasteiger partial charge in [0.05, 0.1) is 17.5 Å². The lowest BCUT2D eigenvalue weighted by atomic mass is 9.82. The van der Waals surface area contributed by atoms with Gasteiger partial charge in [-0.15, -0.1) is 0 Å². The van der Waals surface area contributed by atoms with Crippen LogP contribution in [0, 0.1) is 18.8 Å². The lowest BCUT2D eigenvalue weighted by Crippen LogP contribution is -2.31. The molecule has 4 heteroatoms. The average molecular weight is 271 g/mol. The van der Waals surface area contributed by atoms with Crippen LogP contribution in [0.15, 0.2) is 29.8 Å². The van der Waals surface area contributed by atoms with Crippen molar-refractivity contribution in [2.75, 3.05) is 4.90 Å². The van der Waals surface area contributed by atoms with Crippen molar-refractivity contribution in [3.05, 3.63) is 35.4 Å². The van der Waals surface area contributed by atoms with Gasteiger partial charge >= 0.3 is 0 Å². The average Bonchev–Trinajstić information content (AvgIpc) is 2.63. The Morgan fingerprint density at radius 1 is 1.15 bits per heavy atom. The maximum Gasteiger partial charge on any atom is 0.238 e. The number of hydrogen-bond acceptors (Lipinski definition) is 3. The quantitative estimate of drug-likeness (QED) is 0.631. The van der Waals surface area contributed by atoms with E-state index in [1.807, 2.05) is 6.92 Å². The highest BCUT2D eigenvalue weighted by Gasteiger charge is 2.48. The third-order valence-corrected chi connectivity index (χ3v) is 4.24. The zero-order valence-electron chi connectivity index (χ0n) is 11.6. The van der Waals surface area contributed by atoms with Crippen molar-refractivity contribution in [3.63, 3.8) is 0 Å². The molecule has 0 spiro atoms. The first-order chi connectivity index (χ1) is 9.49. The highest BCUT2D eigenvalue weighted by Crippen LogP contribution is 2.40. The minimum absolute atomic E-state index is 0.110. The number of imide groups is 1. The van der Waals surface area contributed by atoms with Crippen LogP contribution in [-0.2, 0) is 9.59 Å². The molecule has 1 aromatic rings. The number of fused-ring (bicyclic) bond motifs is 1. The Labute approximate surface area is 117 Å². The van der Waals surface area contributed by atoms with Crippen LogP contribution in [0.2, 0.25) is 0 Å². The van der Waals surface area contributed by atoms with Gasteiger partial charge in [0.2, 0.25) is 11.8 Å². The van der Waals surface area contributed by atoms with Crippen LogP contribution in [0.25, 0.3) is 0 Å². The molecule has 20 heavy (non-hydrogen) atoms. The van der Waals surface area contributed by atoms with E-state index in [1.165, 1.54) is 16.5 Å². The Kier molecular flexibility index (Phi) is 2.89. The number of hydrogen-bond donors (Lipinski definition) is 1. The molecule has 0 radical (unpaired) electrons. The smallest absolute Gasteiger partial charge is 0.238 e. The summed E-state index contributed by atoms with van der Waals surface area (Å²) < 4.78 is 0. The molecule has 1 aliphatic heterocycles. The number of phenolic OH excluding ortho intramolecular Hbond substituents is 1. The van der Waals surface area contributed by atoms with Gasteiger partial charge in [0.15, 0.2) is 0 Å². The number of allylic oxidation sites excluding steroid dienone is 2. The third kappa shape index (κ3) is 1.83. The number of rotatable bonds is 1. The SMILES string of the molecule is CC1=CCC2C(=O)N(c3ccc(O)cc3C)C(=O)C2C1. The number of amides is 2. The summed E-state index contributed by atoms with van der Waals surface area (Å²) in [5.41, 5.74) is 2.50. The van der Waals surface area contributed by atoms with E-state index in [-0.39, 0.29) is 29.4 Å². The first kappa shape index (κ1) is 12.9. The van der Waals surface area contributed by atoms with E-state index in [9.17, 15) is 14.7 Å². The lowest BCUT2D eigenvalue weighted by Gasteiger charge is -2.19. The maximum absolute atomic E-state index is 12.5. The third-order valence-electron chi connectivity index (χ3n) is 4.24. The molecule has 1 fully saturated rings. The molecule has 0 aromatic heterocycles. The summed E-state index contributed by atoms with van der Waals surface area (Å²) in [6, 6.07) is 4.72. The van der Waals surface area contributed by atoms with Crippen molar-refractivity contribution in [1.29, 1.82) is 0 Å². The molecule has 1 saturated heterocycles. The molecular formula is C16H17NO3. The number of phenols is 1. The van der Waals surface area contributed by atoms with Gasteiger partial charge in [-0.3, -0.25) is 9.59 Å². The molecular weight excluding hydrogens is 254 g/mol. The van der Waals surface area contributed by atoms with Crippen molar-refractivity contribution >= 4 is 17.5 Å². The normalized spacial score (nSPS) is 25.7. The number of anilines is 1. The Morgan fingerprint density at radius 2 is 1.85 bits per heavy atom. The van der Waals surface area contributed by atoms with Gasteiger partial charge in [0.25, 0.3) is 0 Å². The van der Waals surface area contributed by atoms with Crippen molar-refractivity contribution in [1.82, 2.24) is 0 Å². The second-order valence-electron chi connectivity index (χ2n) is 5.69. The van der Waals surface area contributed by atoms with Crippen LogP contribution >= 0.6 is 0 Å². The summed E-state index contributed by atoms with van der Waals surface area (Å²) >= 11 is 0. The second-order valence-corrected chi connectivity index (χ2v) is 5.69.